The van der Waals surface area contributed by atoms with Crippen molar-refractivity contribution in [1.82, 2.24) is 10.3 Å². The summed E-state index contributed by atoms with van der Waals surface area (Å²) in [7, 11) is 0. The van der Waals surface area contributed by atoms with Gasteiger partial charge in [-0.2, -0.15) is 0 Å². The molecule has 1 fully saturated rings. The number of nitrogens with zero attached hydrogens (tertiary/aromatic N) is 2. The van der Waals surface area contributed by atoms with Crippen LogP contribution in [0, 0.1) is 5.82 Å². The van der Waals surface area contributed by atoms with Gasteiger partial charge in [-0.15, -0.1) is 11.3 Å². The number of nitrogens with two attached hydrogens (primary N) is 1. The van der Waals surface area contributed by atoms with E-state index in [-0.39, 0.29) is 5.82 Å². The van der Waals surface area contributed by atoms with Gasteiger partial charge in [0.2, 0.25) is 0 Å². The van der Waals surface area contributed by atoms with Crippen molar-refractivity contribution in [1.29, 1.82) is 0 Å². The van der Waals surface area contributed by atoms with E-state index in [4.69, 9.17) is 5.73 Å². The normalized spacial score (nSPS) is 16.5. The molecule has 0 bridgehead atoms. The zero-order valence-electron chi connectivity index (χ0n) is 13.0. The van der Waals surface area contributed by atoms with E-state index in [1.54, 1.807) is 12.1 Å². The van der Waals surface area contributed by atoms with Crippen molar-refractivity contribution >= 4 is 17.3 Å². The minimum Gasteiger partial charge on any atom is -0.370 e. The molecule has 1 aliphatic rings. The van der Waals surface area contributed by atoms with E-state index < -0.39 is 0 Å². The topological polar surface area (TPSA) is 63.3 Å². The maximum absolute atomic E-state index is 13.8. The summed E-state index contributed by atoms with van der Waals surface area (Å²) in [4.78, 5) is 8.80. The van der Waals surface area contributed by atoms with Crippen LogP contribution in [0.2, 0.25) is 0 Å². The largest absolute Gasteiger partial charge is 0.370 e. The van der Waals surface area contributed by atoms with Crippen LogP contribution < -0.4 is 11.1 Å². The molecule has 0 saturated heterocycles. The van der Waals surface area contributed by atoms with Gasteiger partial charge in [0.05, 0.1) is 12.2 Å². The molecule has 23 heavy (non-hydrogen) atoms. The molecule has 1 saturated carbocycles. The van der Waals surface area contributed by atoms with Crippen LogP contribution >= 0.6 is 11.3 Å². The van der Waals surface area contributed by atoms with Crippen LogP contribution in [0.4, 0.5) is 4.39 Å². The molecular weight excluding hydrogens is 311 g/mol. The Balaban J connectivity index is 1.60. The zero-order chi connectivity index (χ0) is 16.1. The Labute approximate surface area is 139 Å². The predicted octanol–water partition coefficient (Wildman–Crippen LogP) is 3.69. The number of benzene rings is 1. The quantitative estimate of drug-likeness (QED) is 0.663. The van der Waals surface area contributed by atoms with Crippen LogP contribution in [0.15, 0.2) is 34.6 Å². The number of thiazole rings is 1. The second-order valence-electron chi connectivity index (χ2n) is 5.79. The highest BCUT2D eigenvalue weighted by Crippen LogP contribution is 2.24. The molecule has 1 aliphatic carbocycles. The molecular formula is C17H21FN4S. The first-order chi connectivity index (χ1) is 11.2. The Morgan fingerprint density at radius 3 is 2.87 bits per heavy atom. The van der Waals surface area contributed by atoms with E-state index in [0.717, 1.165) is 17.8 Å². The fraction of sp³-hybridized carbons (Fsp3) is 0.412. The van der Waals surface area contributed by atoms with E-state index in [2.05, 4.69) is 15.3 Å². The monoisotopic (exact) mass is 332 g/mol. The highest BCUT2D eigenvalue weighted by atomic mass is 32.1. The summed E-state index contributed by atoms with van der Waals surface area (Å²) in [5.41, 5.74) is 7.12. The summed E-state index contributed by atoms with van der Waals surface area (Å²) in [6.07, 6.45) is 6.13. The van der Waals surface area contributed by atoms with Gasteiger partial charge < -0.3 is 11.1 Å². The Morgan fingerprint density at radius 2 is 2.09 bits per heavy atom. The van der Waals surface area contributed by atoms with Crippen LogP contribution in [0.5, 0.6) is 0 Å². The number of nitrogens with one attached hydrogen (secondary N) is 1. The van der Waals surface area contributed by atoms with Crippen molar-refractivity contribution in [3.05, 3.63) is 40.5 Å². The number of halogens is 1. The van der Waals surface area contributed by atoms with Gasteiger partial charge in [0.15, 0.2) is 5.96 Å². The molecule has 0 radical (unpaired) electrons. The number of hydrogen-bond acceptors (Lipinski definition) is 3. The highest BCUT2D eigenvalue weighted by molar-refractivity contribution is 7.09. The van der Waals surface area contributed by atoms with Gasteiger partial charge in [-0.3, -0.25) is 0 Å². The molecule has 2 aromatic rings. The lowest BCUT2D eigenvalue weighted by Gasteiger charge is -2.23. The number of aromatic nitrogens is 1. The second-order valence-corrected chi connectivity index (χ2v) is 6.73. The summed E-state index contributed by atoms with van der Waals surface area (Å²) in [6, 6.07) is 7.10. The molecule has 0 spiro atoms. The van der Waals surface area contributed by atoms with Gasteiger partial charge in [0, 0.05) is 17.0 Å². The molecule has 0 atom stereocenters. The number of guanidine groups is 1. The number of rotatable bonds is 4. The molecule has 3 rings (SSSR count). The van der Waals surface area contributed by atoms with Crippen molar-refractivity contribution < 1.29 is 4.39 Å². The standard InChI is InChI=1S/C17H21FN4S/c18-14-9-5-4-8-13(14)15-11-23-16(22-15)10-20-17(19)21-12-6-2-1-3-7-12/h4-5,8-9,11-12H,1-3,6-7,10H2,(H3,19,20,21). The van der Waals surface area contributed by atoms with Gasteiger partial charge in [0.25, 0.3) is 0 Å². The first kappa shape index (κ1) is 15.9. The van der Waals surface area contributed by atoms with Crippen molar-refractivity contribution in [2.24, 2.45) is 10.7 Å². The van der Waals surface area contributed by atoms with Crippen molar-refractivity contribution in [3.8, 4) is 11.3 Å². The predicted molar refractivity (Wildman–Crippen MR) is 92.8 cm³/mol. The zero-order valence-corrected chi connectivity index (χ0v) is 13.8. The van der Waals surface area contributed by atoms with Gasteiger partial charge >= 0.3 is 0 Å². The first-order valence-electron chi connectivity index (χ1n) is 7.98. The summed E-state index contributed by atoms with van der Waals surface area (Å²) in [6.45, 7) is 0.421. The van der Waals surface area contributed by atoms with Crippen molar-refractivity contribution in [2.75, 3.05) is 0 Å². The van der Waals surface area contributed by atoms with Crippen LogP contribution in [-0.2, 0) is 6.54 Å². The van der Waals surface area contributed by atoms with E-state index >= 15 is 0 Å². The summed E-state index contributed by atoms with van der Waals surface area (Å²) >= 11 is 1.47. The third kappa shape index (κ3) is 4.28. The molecule has 1 heterocycles. The van der Waals surface area contributed by atoms with Gasteiger partial charge in [-0.05, 0) is 25.0 Å². The first-order valence-corrected chi connectivity index (χ1v) is 8.86. The van der Waals surface area contributed by atoms with E-state index in [1.165, 1.54) is 36.7 Å². The van der Waals surface area contributed by atoms with Crippen LogP contribution in [0.1, 0.15) is 37.1 Å². The molecule has 0 unspecified atom stereocenters. The Morgan fingerprint density at radius 1 is 1.30 bits per heavy atom. The Kier molecular flexibility index (Phi) is 5.23. The summed E-state index contributed by atoms with van der Waals surface area (Å²) in [5.74, 6) is 0.214. The Hall–Kier alpha value is -1.95. The van der Waals surface area contributed by atoms with Gasteiger partial charge in [0.1, 0.15) is 10.8 Å². The molecule has 1 aromatic carbocycles. The van der Waals surface area contributed by atoms with E-state index in [9.17, 15) is 4.39 Å². The SMILES string of the molecule is NC(=NCc1nc(-c2ccccc2F)cs1)NC1CCCCC1. The summed E-state index contributed by atoms with van der Waals surface area (Å²) in [5, 5.41) is 5.97. The third-order valence-electron chi connectivity index (χ3n) is 4.04. The van der Waals surface area contributed by atoms with Crippen LogP contribution in [-0.4, -0.2) is 17.0 Å². The minimum atomic E-state index is -0.258. The maximum Gasteiger partial charge on any atom is 0.189 e. The van der Waals surface area contributed by atoms with E-state index in [0.29, 0.717) is 29.8 Å². The fourth-order valence-corrected chi connectivity index (χ4v) is 3.55. The maximum atomic E-state index is 13.8. The van der Waals surface area contributed by atoms with Crippen LogP contribution in [0.25, 0.3) is 11.3 Å². The van der Waals surface area contributed by atoms with Crippen molar-refractivity contribution in [3.63, 3.8) is 0 Å². The highest BCUT2D eigenvalue weighted by Gasteiger charge is 2.13. The summed E-state index contributed by atoms with van der Waals surface area (Å²) < 4.78 is 13.8. The number of aliphatic imine (C=N–C) groups is 1. The Bertz CT molecular complexity index is 677. The smallest absolute Gasteiger partial charge is 0.189 e. The molecule has 0 aliphatic heterocycles. The second kappa shape index (κ2) is 7.55. The lowest BCUT2D eigenvalue weighted by molar-refractivity contribution is 0.412. The average molecular weight is 332 g/mol. The van der Waals surface area contributed by atoms with Gasteiger partial charge in [-0.25, -0.2) is 14.4 Å². The fourth-order valence-electron chi connectivity index (χ4n) is 2.83. The molecule has 0 amide bonds. The van der Waals surface area contributed by atoms with Gasteiger partial charge in [-0.1, -0.05) is 31.4 Å². The minimum absolute atomic E-state index is 0.258. The molecule has 3 N–H and O–H groups in total. The third-order valence-corrected chi connectivity index (χ3v) is 4.88. The van der Waals surface area contributed by atoms with Crippen molar-refractivity contribution in [2.45, 2.75) is 44.7 Å². The molecule has 1 aromatic heterocycles. The lowest BCUT2D eigenvalue weighted by atomic mass is 9.96. The number of hydrogen-bond donors (Lipinski definition) is 2. The molecule has 122 valence electrons. The lowest BCUT2D eigenvalue weighted by Crippen LogP contribution is -2.41. The average Bonchev–Trinajstić information content (AvgIpc) is 3.03. The van der Waals surface area contributed by atoms with Crippen LogP contribution in [0.3, 0.4) is 0 Å². The molecule has 6 heteroatoms. The van der Waals surface area contributed by atoms with E-state index in [1.807, 2.05) is 11.4 Å². The molecule has 4 nitrogen and oxygen atoms in total.